The highest BCUT2D eigenvalue weighted by Crippen LogP contribution is 2.24. The van der Waals surface area contributed by atoms with Gasteiger partial charge in [-0.3, -0.25) is 4.79 Å². The molecular formula is C12H19N3O3S. The molecule has 0 saturated carbocycles. The number of hydrogen-bond acceptors (Lipinski definition) is 5. The zero-order valence-electron chi connectivity index (χ0n) is 11.2. The lowest BCUT2D eigenvalue weighted by atomic mass is 9.92. The van der Waals surface area contributed by atoms with Crippen molar-refractivity contribution < 1.29 is 13.2 Å². The monoisotopic (exact) mass is 285 g/mol. The van der Waals surface area contributed by atoms with Crippen molar-refractivity contribution in [2.75, 3.05) is 23.9 Å². The van der Waals surface area contributed by atoms with Crippen LogP contribution in [0.4, 0.5) is 11.4 Å². The number of nitrogen functional groups attached to an aromatic ring is 1. The van der Waals surface area contributed by atoms with Gasteiger partial charge in [-0.25, -0.2) is 8.42 Å². The molecule has 1 aromatic rings. The molecule has 0 aromatic heterocycles. The Morgan fingerprint density at radius 3 is 2.37 bits per heavy atom. The Balaban J connectivity index is 2.91. The first-order valence-corrected chi connectivity index (χ1v) is 7.56. The quantitative estimate of drug-likeness (QED) is 0.685. The van der Waals surface area contributed by atoms with E-state index in [1.807, 2.05) is 0 Å². The summed E-state index contributed by atoms with van der Waals surface area (Å²) in [5, 5.41) is 2.99. The third-order valence-electron chi connectivity index (χ3n) is 2.84. The highest BCUT2D eigenvalue weighted by molar-refractivity contribution is 7.90. The molecule has 0 fully saturated rings. The molecule has 0 saturated heterocycles. The number of sulfone groups is 1. The molecule has 19 heavy (non-hydrogen) atoms. The van der Waals surface area contributed by atoms with Crippen molar-refractivity contribution in [3.05, 3.63) is 18.2 Å². The molecule has 0 bridgehead atoms. The number of carbonyl (C=O) groups excluding carboxylic acids is 1. The predicted molar refractivity (Wildman–Crippen MR) is 75.4 cm³/mol. The zero-order chi connectivity index (χ0) is 14.8. The fraction of sp³-hybridized carbons (Fsp3) is 0.417. The first-order chi connectivity index (χ1) is 8.54. The molecule has 0 radical (unpaired) electrons. The number of primary amides is 1. The molecule has 5 N–H and O–H groups in total. The Labute approximate surface area is 113 Å². The molecule has 0 spiro atoms. The van der Waals surface area contributed by atoms with Crippen LogP contribution >= 0.6 is 0 Å². The van der Waals surface area contributed by atoms with E-state index in [4.69, 9.17) is 11.5 Å². The van der Waals surface area contributed by atoms with Gasteiger partial charge in [-0.2, -0.15) is 0 Å². The van der Waals surface area contributed by atoms with Crippen LogP contribution in [0.1, 0.15) is 13.8 Å². The molecule has 1 aromatic carbocycles. The Bertz CT molecular complexity index is 594. The fourth-order valence-corrected chi connectivity index (χ4v) is 1.99. The van der Waals surface area contributed by atoms with E-state index in [0.717, 1.165) is 6.26 Å². The zero-order valence-corrected chi connectivity index (χ0v) is 12.0. The molecule has 1 amide bonds. The van der Waals surface area contributed by atoms with E-state index in [1.165, 1.54) is 12.1 Å². The van der Waals surface area contributed by atoms with Crippen molar-refractivity contribution in [2.24, 2.45) is 11.1 Å². The topological polar surface area (TPSA) is 115 Å². The second-order valence-corrected chi connectivity index (χ2v) is 7.14. The largest absolute Gasteiger partial charge is 0.397 e. The normalized spacial score (nSPS) is 12.2. The average Bonchev–Trinajstić information content (AvgIpc) is 2.25. The number of anilines is 2. The van der Waals surface area contributed by atoms with Crippen LogP contribution in [0.2, 0.25) is 0 Å². The van der Waals surface area contributed by atoms with Gasteiger partial charge in [-0.15, -0.1) is 0 Å². The lowest BCUT2D eigenvalue weighted by Crippen LogP contribution is -2.37. The Morgan fingerprint density at radius 1 is 1.37 bits per heavy atom. The Morgan fingerprint density at radius 2 is 1.95 bits per heavy atom. The second-order valence-electron chi connectivity index (χ2n) is 5.12. The molecule has 0 aliphatic carbocycles. The third-order valence-corrected chi connectivity index (χ3v) is 3.95. The standard InChI is InChI=1S/C12H19N3O3S/c1-12(2,11(14)16)7-15-10-5-4-8(6-9(10)13)19(3,17)18/h4-6,15H,7,13H2,1-3H3,(H2,14,16). The summed E-state index contributed by atoms with van der Waals surface area (Å²) < 4.78 is 22.7. The highest BCUT2D eigenvalue weighted by Gasteiger charge is 2.24. The van der Waals surface area contributed by atoms with Crippen LogP contribution in [0.25, 0.3) is 0 Å². The maximum Gasteiger partial charge on any atom is 0.224 e. The summed E-state index contributed by atoms with van der Waals surface area (Å²) in [6.07, 6.45) is 1.12. The Kier molecular flexibility index (Phi) is 4.09. The first kappa shape index (κ1) is 15.3. The average molecular weight is 285 g/mol. The lowest BCUT2D eigenvalue weighted by molar-refractivity contribution is -0.125. The molecule has 7 heteroatoms. The third kappa shape index (κ3) is 3.85. The van der Waals surface area contributed by atoms with Crippen LogP contribution < -0.4 is 16.8 Å². The van der Waals surface area contributed by atoms with E-state index in [1.54, 1.807) is 19.9 Å². The second kappa shape index (κ2) is 5.08. The van der Waals surface area contributed by atoms with E-state index >= 15 is 0 Å². The predicted octanol–water partition coefficient (Wildman–Crippen LogP) is 0.596. The van der Waals surface area contributed by atoms with Crippen molar-refractivity contribution in [2.45, 2.75) is 18.7 Å². The van der Waals surface area contributed by atoms with Gasteiger partial charge in [0, 0.05) is 12.8 Å². The molecule has 106 valence electrons. The molecule has 1 rings (SSSR count). The minimum absolute atomic E-state index is 0.157. The minimum Gasteiger partial charge on any atom is -0.397 e. The van der Waals surface area contributed by atoms with Gasteiger partial charge in [0.05, 0.1) is 21.7 Å². The van der Waals surface area contributed by atoms with Crippen LogP contribution in [0.15, 0.2) is 23.1 Å². The van der Waals surface area contributed by atoms with Gasteiger partial charge in [0.15, 0.2) is 9.84 Å². The maximum absolute atomic E-state index is 11.4. The summed E-state index contributed by atoms with van der Waals surface area (Å²) in [5.74, 6) is -0.425. The van der Waals surface area contributed by atoms with Gasteiger partial charge >= 0.3 is 0 Å². The number of nitrogens with two attached hydrogens (primary N) is 2. The van der Waals surface area contributed by atoms with E-state index < -0.39 is 21.2 Å². The molecule has 6 nitrogen and oxygen atoms in total. The molecule has 0 atom stereocenters. The maximum atomic E-state index is 11.4. The van der Waals surface area contributed by atoms with Gasteiger partial charge in [0.25, 0.3) is 0 Å². The smallest absolute Gasteiger partial charge is 0.224 e. The number of hydrogen-bond donors (Lipinski definition) is 3. The summed E-state index contributed by atoms with van der Waals surface area (Å²) in [4.78, 5) is 11.3. The van der Waals surface area contributed by atoms with Gasteiger partial charge in [0.2, 0.25) is 5.91 Å². The van der Waals surface area contributed by atoms with E-state index in [0.29, 0.717) is 17.9 Å². The molecule has 0 heterocycles. The molecule has 0 aliphatic heterocycles. The van der Waals surface area contributed by atoms with Crippen LogP contribution in [0, 0.1) is 5.41 Å². The number of benzene rings is 1. The van der Waals surface area contributed by atoms with Gasteiger partial charge in [-0.05, 0) is 32.0 Å². The van der Waals surface area contributed by atoms with Crippen LogP contribution in [-0.4, -0.2) is 27.1 Å². The summed E-state index contributed by atoms with van der Waals surface area (Å²) in [6, 6.07) is 4.42. The Hall–Kier alpha value is -1.76. The number of amides is 1. The van der Waals surface area contributed by atoms with Crippen molar-refractivity contribution in [3.8, 4) is 0 Å². The van der Waals surface area contributed by atoms with Crippen molar-refractivity contribution >= 4 is 27.1 Å². The van der Waals surface area contributed by atoms with Gasteiger partial charge in [-0.1, -0.05) is 0 Å². The van der Waals surface area contributed by atoms with Crippen LogP contribution in [0.5, 0.6) is 0 Å². The lowest BCUT2D eigenvalue weighted by Gasteiger charge is -2.22. The summed E-state index contributed by atoms with van der Waals surface area (Å²) >= 11 is 0. The minimum atomic E-state index is -3.28. The number of nitrogens with one attached hydrogen (secondary N) is 1. The number of carbonyl (C=O) groups is 1. The molecular weight excluding hydrogens is 266 g/mol. The summed E-state index contributed by atoms with van der Waals surface area (Å²) in [5.41, 5.74) is 11.2. The van der Waals surface area contributed by atoms with Crippen molar-refractivity contribution in [3.63, 3.8) is 0 Å². The van der Waals surface area contributed by atoms with Crippen molar-refractivity contribution in [1.29, 1.82) is 0 Å². The SMILES string of the molecule is CC(C)(CNc1ccc(S(C)(=O)=O)cc1N)C(N)=O. The molecule has 0 unspecified atom stereocenters. The van der Waals surface area contributed by atoms with E-state index in [2.05, 4.69) is 5.32 Å². The summed E-state index contributed by atoms with van der Waals surface area (Å²) in [6.45, 7) is 3.73. The highest BCUT2D eigenvalue weighted by atomic mass is 32.2. The summed E-state index contributed by atoms with van der Waals surface area (Å²) in [7, 11) is -3.28. The first-order valence-electron chi connectivity index (χ1n) is 5.67. The van der Waals surface area contributed by atoms with Crippen LogP contribution in [-0.2, 0) is 14.6 Å². The van der Waals surface area contributed by atoms with E-state index in [-0.39, 0.29) is 4.90 Å². The number of rotatable bonds is 5. The molecule has 0 aliphatic rings. The van der Waals surface area contributed by atoms with Gasteiger partial charge < -0.3 is 16.8 Å². The van der Waals surface area contributed by atoms with E-state index in [9.17, 15) is 13.2 Å². The van der Waals surface area contributed by atoms with Gasteiger partial charge in [0.1, 0.15) is 0 Å². The van der Waals surface area contributed by atoms with Crippen LogP contribution in [0.3, 0.4) is 0 Å². The fourth-order valence-electron chi connectivity index (χ4n) is 1.34. The van der Waals surface area contributed by atoms with Crippen molar-refractivity contribution in [1.82, 2.24) is 0 Å².